The molecular formula is C8H16ClN5O. The van der Waals surface area contributed by atoms with E-state index >= 15 is 0 Å². The molecule has 1 aromatic heterocycles. The average Bonchev–Trinajstić information content (AvgIpc) is 2.42. The largest absolute Gasteiger partial charge is 0.395 e. The molecule has 0 saturated carbocycles. The summed E-state index contributed by atoms with van der Waals surface area (Å²) in [6, 6.07) is 0. The third-order valence-electron chi connectivity index (χ3n) is 1.99. The lowest BCUT2D eigenvalue weighted by Gasteiger charge is -2.00. The molecule has 0 radical (unpaired) electrons. The Morgan fingerprint density at radius 1 is 1.60 bits per heavy atom. The quantitative estimate of drug-likeness (QED) is 0.388. The Balaban J connectivity index is 0.00000196. The number of aromatic nitrogens is 2. The van der Waals surface area contributed by atoms with Crippen LogP contribution in [0.4, 0.5) is 5.69 Å². The Morgan fingerprint density at radius 2 is 2.20 bits per heavy atom. The van der Waals surface area contributed by atoms with Crippen molar-refractivity contribution in [3.8, 4) is 0 Å². The number of nitrogens with zero attached hydrogens (tertiary/aromatic N) is 2. The minimum atomic E-state index is -0.417. The van der Waals surface area contributed by atoms with Crippen molar-refractivity contribution in [2.24, 2.45) is 12.9 Å². The maximum atomic E-state index is 11.3. The minimum absolute atomic E-state index is 0. The van der Waals surface area contributed by atoms with E-state index in [4.69, 9.17) is 11.6 Å². The summed E-state index contributed by atoms with van der Waals surface area (Å²) < 4.78 is 1.45. The third-order valence-corrected chi connectivity index (χ3v) is 1.99. The SMILES string of the molecule is CCCc1nn(C)c(C(=O)NN)c1N.Cl. The fourth-order valence-corrected chi connectivity index (χ4v) is 1.36. The van der Waals surface area contributed by atoms with Crippen LogP contribution < -0.4 is 17.0 Å². The molecule has 0 fully saturated rings. The van der Waals surface area contributed by atoms with Crippen LogP contribution in [-0.2, 0) is 13.5 Å². The van der Waals surface area contributed by atoms with Gasteiger partial charge in [0.2, 0.25) is 0 Å². The number of rotatable bonds is 3. The van der Waals surface area contributed by atoms with Crippen LogP contribution in [0, 0.1) is 0 Å². The van der Waals surface area contributed by atoms with E-state index in [1.165, 1.54) is 4.68 Å². The third kappa shape index (κ3) is 2.60. The smallest absolute Gasteiger partial charge is 0.285 e. The van der Waals surface area contributed by atoms with Crippen molar-refractivity contribution >= 4 is 24.0 Å². The Kier molecular flexibility index (Phi) is 5.10. The zero-order chi connectivity index (χ0) is 10.7. The van der Waals surface area contributed by atoms with E-state index in [1.807, 2.05) is 12.3 Å². The summed E-state index contributed by atoms with van der Waals surface area (Å²) in [6.45, 7) is 2.02. The van der Waals surface area contributed by atoms with Crippen molar-refractivity contribution in [2.75, 3.05) is 5.73 Å². The van der Waals surface area contributed by atoms with Crippen LogP contribution in [0.25, 0.3) is 0 Å². The first-order chi connectivity index (χ1) is 6.61. The van der Waals surface area contributed by atoms with Gasteiger partial charge in [-0.1, -0.05) is 13.3 Å². The zero-order valence-electron chi connectivity index (χ0n) is 8.78. The Hall–Kier alpha value is -1.27. The summed E-state index contributed by atoms with van der Waals surface area (Å²) >= 11 is 0. The molecule has 0 aliphatic carbocycles. The molecule has 0 bridgehead atoms. The minimum Gasteiger partial charge on any atom is -0.395 e. The van der Waals surface area contributed by atoms with Crippen LogP contribution in [0.15, 0.2) is 0 Å². The Bertz CT molecular complexity index is 349. The number of nitrogens with one attached hydrogen (secondary N) is 1. The Morgan fingerprint density at radius 3 is 2.67 bits per heavy atom. The predicted molar refractivity (Wildman–Crippen MR) is 60.5 cm³/mol. The van der Waals surface area contributed by atoms with E-state index < -0.39 is 5.91 Å². The number of hydrogen-bond donors (Lipinski definition) is 3. The van der Waals surface area contributed by atoms with Crippen molar-refractivity contribution in [3.05, 3.63) is 11.4 Å². The molecule has 86 valence electrons. The van der Waals surface area contributed by atoms with E-state index in [1.54, 1.807) is 7.05 Å². The maximum Gasteiger partial charge on any atom is 0.285 e. The van der Waals surface area contributed by atoms with Crippen LogP contribution in [0.5, 0.6) is 0 Å². The van der Waals surface area contributed by atoms with E-state index in [-0.39, 0.29) is 12.4 Å². The molecule has 0 aliphatic rings. The van der Waals surface area contributed by atoms with E-state index in [0.717, 1.165) is 18.5 Å². The molecule has 15 heavy (non-hydrogen) atoms. The van der Waals surface area contributed by atoms with Crippen molar-refractivity contribution in [3.63, 3.8) is 0 Å². The lowest BCUT2D eigenvalue weighted by Crippen LogP contribution is -2.32. The zero-order valence-corrected chi connectivity index (χ0v) is 9.60. The molecule has 0 spiro atoms. The number of halogens is 1. The fourth-order valence-electron chi connectivity index (χ4n) is 1.36. The van der Waals surface area contributed by atoms with Gasteiger partial charge in [0.25, 0.3) is 5.91 Å². The first kappa shape index (κ1) is 13.7. The predicted octanol–water partition coefficient (Wildman–Crippen LogP) is -0.0199. The van der Waals surface area contributed by atoms with Crippen LogP contribution in [0.1, 0.15) is 29.5 Å². The second kappa shape index (κ2) is 5.57. The van der Waals surface area contributed by atoms with Crippen LogP contribution in [-0.4, -0.2) is 15.7 Å². The normalized spacial score (nSPS) is 9.53. The van der Waals surface area contributed by atoms with Gasteiger partial charge in [0.1, 0.15) is 0 Å². The summed E-state index contributed by atoms with van der Waals surface area (Å²) in [5, 5.41) is 4.14. The highest BCUT2D eigenvalue weighted by atomic mass is 35.5. The van der Waals surface area contributed by atoms with Gasteiger partial charge < -0.3 is 5.73 Å². The van der Waals surface area contributed by atoms with Gasteiger partial charge in [-0.2, -0.15) is 5.10 Å². The molecule has 0 saturated heterocycles. The lowest BCUT2D eigenvalue weighted by molar-refractivity contribution is 0.0945. The van der Waals surface area contributed by atoms with Gasteiger partial charge in [-0.3, -0.25) is 14.9 Å². The van der Waals surface area contributed by atoms with Gasteiger partial charge in [0.05, 0.1) is 11.4 Å². The van der Waals surface area contributed by atoms with Gasteiger partial charge in [0, 0.05) is 7.05 Å². The van der Waals surface area contributed by atoms with E-state index in [9.17, 15) is 4.79 Å². The topological polar surface area (TPSA) is 99.0 Å². The highest BCUT2D eigenvalue weighted by Crippen LogP contribution is 2.17. The second-order valence-corrected chi connectivity index (χ2v) is 3.06. The number of anilines is 1. The first-order valence-electron chi connectivity index (χ1n) is 4.44. The number of amides is 1. The van der Waals surface area contributed by atoms with Gasteiger partial charge in [0.15, 0.2) is 5.69 Å². The highest BCUT2D eigenvalue weighted by Gasteiger charge is 2.18. The monoisotopic (exact) mass is 233 g/mol. The number of carbonyl (C=O) groups excluding carboxylic acids is 1. The maximum absolute atomic E-state index is 11.3. The summed E-state index contributed by atoms with van der Waals surface area (Å²) in [7, 11) is 1.67. The average molecular weight is 234 g/mol. The van der Waals surface area contributed by atoms with Gasteiger partial charge in [-0.05, 0) is 6.42 Å². The highest BCUT2D eigenvalue weighted by molar-refractivity contribution is 5.97. The number of aryl methyl sites for hydroxylation is 2. The van der Waals surface area contributed by atoms with Crippen molar-refractivity contribution in [1.29, 1.82) is 0 Å². The van der Waals surface area contributed by atoms with Crippen molar-refractivity contribution in [1.82, 2.24) is 15.2 Å². The molecular weight excluding hydrogens is 218 g/mol. The van der Waals surface area contributed by atoms with Crippen LogP contribution in [0.3, 0.4) is 0 Å². The molecule has 1 heterocycles. The van der Waals surface area contributed by atoms with Crippen LogP contribution >= 0.6 is 12.4 Å². The number of hydrazine groups is 1. The fraction of sp³-hybridized carbons (Fsp3) is 0.500. The molecule has 7 heteroatoms. The molecule has 1 aromatic rings. The van der Waals surface area contributed by atoms with E-state index in [0.29, 0.717) is 11.4 Å². The lowest BCUT2D eigenvalue weighted by atomic mass is 10.2. The first-order valence-corrected chi connectivity index (χ1v) is 4.44. The van der Waals surface area contributed by atoms with Crippen molar-refractivity contribution in [2.45, 2.75) is 19.8 Å². The van der Waals surface area contributed by atoms with E-state index in [2.05, 4.69) is 5.10 Å². The molecule has 0 atom stereocenters. The molecule has 6 nitrogen and oxygen atoms in total. The summed E-state index contributed by atoms with van der Waals surface area (Å²) in [6.07, 6.45) is 1.70. The molecule has 0 unspecified atom stereocenters. The van der Waals surface area contributed by atoms with Gasteiger partial charge in [-0.25, -0.2) is 5.84 Å². The number of nitrogens with two attached hydrogens (primary N) is 2. The number of carbonyl (C=O) groups is 1. The summed E-state index contributed by atoms with van der Waals surface area (Å²) in [5.74, 6) is 4.61. The number of nitrogen functional groups attached to an aromatic ring is 2. The van der Waals surface area contributed by atoms with Crippen LogP contribution in [0.2, 0.25) is 0 Å². The van der Waals surface area contributed by atoms with Crippen molar-refractivity contribution < 1.29 is 4.79 Å². The Labute approximate surface area is 94.4 Å². The van der Waals surface area contributed by atoms with Gasteiger partial charge >= 0.3 is 0 Å². The molecule has 1 amide bonds. The second-order valence-electron chi connectivity index (χ2n) is 3.06. The summed E-state index contributed by atoms with van der Waals surface area (Å²) in [4.78, 5) is 11.3. The molecule has 0 aromatic carbocycles. The van der Waals surface area contributed by atoms with Gasteiger partial charge in [-0.15, -0.1) is 12.4 Å². The standard InChI is InChI=1S/C8H15N5O.ClH/c1-3-4-5-6(9)7(8(14)11-10)13(2)12-5;/h3-4,9-10H2,1-2H3,(H,11,14);1H. The molecule has 5 N–H and O–H groups in total. The summed E-state index contributed by atoms with van der Waals surface area (Å²) in [5.41, 5.74) is 9.28. The number of hydrogen-bond acceptors (Lipinski definition) is 4. The molecule has 1 rings (SSSR count). The molecule has 0 aliphatic heterocycles.